The fraction of sp³-hybridized carbons (Fsp3) is 0.556. The van der Waals surface area contributed by atoms with Gasteiger partial charge in [0.2, 0.25) is 0 Å². The van der Waals surface area contributed by atoms with Crippen molar-refractivity contribution in [1.82, 2.24) is 5.32 Å². The zero-order valence-corrected chi connectivity index (χ0v) is 8.29. The van der Waals surface area contributed by atoms with Crippen molar-refractivity contribution >= 4 is 12.2 Å². The molecule has 80 valence electrons. The standard InChI is InChI=1S/C9H17N3O2/c1-9(11,8(13)14)4-2-3-6-12-7-5-10/h2,4-5,10,12H,3,6-7,11H2,1H3,(H,13,14)/b4-2+,10-5?/t9-/m1/s1. The molecular formula is C9H17N3O2. The van der Waals surface area contributed by atoms with Crippen LogP contribution in [0.3, 0.4) is 0 Å². The van der Waals surface area contributed by atoms with Crippen LogP contribution >= 0.6 is 0 Å². The Balaban J connectivity index is 3.71. The quantitative estimate of drug-likeness (QED) is 0.263. The van der Waals surface area contributed by atoms with Crippen LogP contribution in [-0.4, -0.2) is 35.9 Å². The molecule has 5 heteroatoms. The maximum Gasteiger partial charge on any atom is 0.327 e. The molecule has 0 bridgehead atoms. The van der Waals surface area contributed by atoms with Crippen molar-refractivity contribution in [3.05, 3.63) is 12.2 Å². The van der Waals surface area contributed by atoms with Crippen molar-refractivity contribution in [1.29, 1.82) is 5.41 Å². The largest absolute Gasteiger partial charge is 0.480 e. The number of aliphatic carboxylic acids is 1. The normalized spacial score (nSPS) is 15.3. The average Bonchev–Trinajstić information content (AvgIpc) is 2.10. The highest BCUT2D eigenvalue weighted by atomic mass is 16.4. The van der Waals surface area contributed by atoms with Gasteiger partial charge in [-0.1, -0.05) is 12.2 Å². The van der Waals surface area contributed by atoms with Crippen molar-refractivity contribution in [3.8, 4) is 0 Å². The van der Waals surface area contributed by atoms with Crippen LogP contribution in [-0.2, 0) is 4.79 Å². The molecule has 0 aliphatic rings. The highest BCUT2D eigenvalue weighted by Crippen LogP contribution is 2.01. The van der Waals surface area contributed by atoms with E-state index in [1.807, 2.05) is 0 Å². The van der Waals surface area contributed by atoms with Crippen LogP contribution in [0.15, 0.2) is 12.2 Å². The minimum absolute atomic E-state index is 0.534. The summed E-state index contributed by atoms with van der Waals surface area (Å²) in [5, 5.41) is 18.4. The van der Waals surface area contributed by atoms with Gasteiger partial charge in [-0.3, -0.25) is 0 Å². The fourth-order valence-electron chi connectivity index (χ4n) is 0.759. The molecule has 5 N–H and O–H groups in total. The number of rotatable bonds is 7. The van der Waals surface area contributed by atoms with Gasteiger partial charge in [-0.2, -0.15) is 0 Å². The highest BCUT2D eigenvalue weighted by Gasteiger charge is 2.23. The van der Waals surface area contributed by atoms with E-state index in [2.05, 4.69) is 5.32 Å². The first-order valence-electron chi connectivity index (χ1n) is 4.40. The molecule has 0 aliphatic heterocycles. The third kappa shape index (κ3) is 5.45. The smallest absolute Gasteiger partial charge is 0.327 e. The van der Waals surface area contributed by atoms with Crippen LogP contribution < -0.4 is 11.1 Å². The van der Waals surface area contributed by atoms with Crippen LogP contribution in [0.1, 0.15) is 13.3 Å². The Morgan fingerprint density at radius 2 is 2.36 bits per heavy atom. The Hall–Kier alpha value is -1.20. The predicted octanol–water partition coefficient (Wildman–Crippen LogP) is -0.0261. The van der Waals surface area contributed by atoms with Gasteiger partial charge < -0.3 is 21.6 Å². The molecule has 0 rings (SSSR count). The molecule has 0 aromatic carbocycles. The molecule has 0 amide bonds. The van der Waals surface area contributed by atoms with Gasteiger partial charge >= 0.3 is 5.97 Å². The van der Waals surface area contributed by atoms with E-state index in [1.165, 1.54) is 19.2 Å². The highest BCUT2D eigenvalue weighted by molar-refractivity contribution is 5.80. The van der Waals surface area contributed by atoms with E-state index >= 15 is 0 Å². The second-order valence-corrected chi connectivity index (χ2v) is 3.19. The molecule has 0 fully saturated rings. The van der Waals surface area contributed by atoms with E-state index in [9.17, 15) is 4.79 Å². The van der Waals surface area contributed by atoms with Crippen LogP contribution in [0.5, 0.6) is 0 Å². The summed E-state index contributed by atoms with van der Waals surface area (Å²) in [5.41, 5.74) is 4.17. The van der Waals surface area contributed by atoms with Gasteiger partial charge in [-0.15, -0.1) is 0 Å². The molecular weight excluding hydrogens is 182 g/mol. The summed E-state index contributed by atoms with van der Waals surface area (Å²) in [7, 11) is 0. The first kappa shape index (κ1) is 12.8. The Labute approximate surface area is 83.5 Å². The number of hydrogen-bond acceptors (Lipinski definition) is 4. The molecule has 0 aromatic heterocycles. The molecule has 0 spiro atoms. The monoisotopic (exact) mass is 199 g/mol. The van der Waals surface area contributed by atoms with Crippen molar-refractivity contribution in [3.63, 3.8) is 0 Å². The molecule has 0 aliphatic carbocycles. The van der Waals surface area contributed by atoms with Gasteiger partial charge in [0.25, 0.3) is 0 Å². The van der Waals surface area contributed by atoms with E-state index in [0.717, 1.165) is 0 Å². The fourth-order valence-corrected chi connectivity index (χ4v) is 0.759. The van der Waals surface area contributed by atoms with Crippen molar-refractivity contribution in [2.45, 2.75) is 18.9 Å². The molecule has 0 aromatic rings. The Kier molecular flexibility index (Phi) is 5.74. The van der Waals surface area contributed by atoms with Crippen LogP contribution in [0, 0.1) is 5.41 Å². The van der Waals surface area contributed by atoms with Gasteiger partial charge in [0.1, 0.15) is 5.54 Å². The summed E-state index contributed by atoms with van der Waals surface area (Å²) < 4.78 is 0. The number of nitrogens with two attached hydrogens (primary N) is 1. The zero-order valence-electron chi connectivity index (χ0n) is 8.29. The Bertz CT molecular complexity index is 224. The van der Waals surface area contributed by atoms with E-state index in [-0.39, 0.29) is 0 Å². The summed E-state index contributed by atoms with van der Waals surface area (Å²) in [6, 6.07) is 0. The number of carboxylic acids is 1. The third-order valence-electron chi connectivity index (χ3n) is 1.66. The topological polar surface area (TPSA) is 99.2 Å². The maximum atomic E-state index is 10.6. The van der Waals surface area contributed by atoms with Gasteiger partial charge in [0, 0.05) is 12.8 Å². The van der Waals surface area contributed by atoms with Crippen molar-refractivity contribution < 1.29 is 9.90 Å². The molecule has 0 heterocycles. The van der Waals surface area contributed by atoms with Crippen LogP contribution in [0.2, 0.25) is 0 Å². The van der Waals surface area contributed by atoms with Gasteiger partial charge in [-0.25, -0.2) is 4.79 Å². The van der Waals surface area contributed by atoms with E-state index in [4.69, 9.17) is 16.2 Å². The first-order valence-corrected chi connectivity index (χ1v) is 4.40. The second-order valence-electron chi connectivity index (χ2n) is 3.19. The lowest BCUT2D eigenvalue weighted by molar-refractivity contribution is -0.140. The lowest BCUT2D eigenvalue weighted by atomic mass is 10.0. The predicted molar refractivity (Wildman–Crippen MR) is 55.6 cm³/mol. The summed E-state index contributed by atoms with van der Waals surface area (Å²) in [5.74, 6) is -1.04. The van der Waals surface area contributed by atoms with Gasteiger partial charge in [0.05, 0.1) is 0 Å². The lowest BCUT2D eigenvalue weighted by Gasteiger charge is -2.13. The number of carbonyl (C=O) groups is 1. The van der Waals surface area contributed by atoms with E-state index < -0.39 is 11.5 Å². The van der Waals surface area contributed by atoms with Gasteiger partial charge in [0.15, 0.2) is 0 Å². The molecule has 0 radical (unpaired) electrons. The van der Waals surface area contributed by atoms with Crippen molar-refractivity contribution in [2.75, 3.05) is 13.1 Å². The van der Waals surface area contributed by atoms with E-state index in [1.54, 1.807) is 6.08 Å². The molecule has 0 unspecified atom stereocenters. The number of nitrogens with one attached hydrogen (secondary N) is 2. The first-order chi connectivity index (χ1) is 6.50. The molecule has 0 saturated carbocycles. The molecule has 1 atom stereocenters. The van der Waals surface area contributed by atoms with Crippen LogP contribution in [0.25, 0.3) is 0 Å². The Morgan fingerprint density at radius 3 is 2.86 bits per heavy atom. The van der Waals surface area contributed by atoms with E-state index in [0.29, 0.717) is 19.5 Å². The summed E-state index contributed by atoms with van der Waals surface area (Å²) in [6.45, 7) is 2.69. The SMILES string of the molecule is C[C@@](N)(/C=C/CCNCC=N)C(=O)O. The lowest BCUT2D eigenvalue weighted by Crippen LogP contribution is -2.42. The average molecular weight is 199 g/mol. The second kappa shape index (κ2) is 6.28. The summed E-state index contributed by atoms with van der Waals surface area (Å²) >= 11 is 0. The number of hydrogen-bond donors (Lipinski definition) is 4. The van der Waals surface area contributed by atoms with Crippen molar-refractivity contribution in [2.24, 2.45) is 5.73 Å². The van der Waals surface area contributed by atoms with Gasteiger partial charge in [-0.05, 0) is 19.9 Å². The molecule has 14 heavy (non-hydrogen) atoms. The third-order valence-corrected chi connectivity index (χ3v) is 1.66. The minimum atomic E-state index is -1.29. The zero-order chi connectivity index (χ0) is 11.0. The minimum Gasteiger partial charge on any atom is -0.480 e. The summed E-state index contributed by atoms with van der Waals surface area (Å²) in [4.78, 5) is 10.6. The molecule has 0 saturated heterocycles. The number of carboxylic acid groups (broad SMARTS) is 1. The Morgan fingerprint density at radius 1 is 1.71 bits per heavy atom. The maximum absolute atomic E-state index is 10.6. The summed E-state index contributed by atoms with van der Waals surface area (Å²) in [6.07, 6.45) is 5.18. The van der Waals surface area contributed by atoms with Crippen LogP contribution in [0.4, 0.5) is 0 Å². The molecule has 5 nitrogen and oxygen atoms in total.